The summed E-state index contributed by atoms with van der Waals surface area (Å²) in [6.45, 7) is 3.60. The number of pyridine rings is 1. The number of aliphatic carboxylic acids is 1. The molecule has 0 saturated carbocycles. The van der Waals surface area contributed by atoms with Crippen molar-refractivity contribution < 1.29 is 9.90 Å². The van der Waals surface area contributed by atoms with Crippen molar-refractivity contribution in [2.45, 2.75) is 38.8 Å². The Morgan fingerprint density at radius 2 is 2.41 bits per heavy atom. The Labute approximate surface area is 101 Å². The highest BCUT2D eigenvalue weighted by Crippen LogP contribution is 2.20. The van der Waals surface area contributed by atoms with Crippen molar-refractivity contribution in [1.82, 2.24) is 9.88 Å². The predicted molar refractivity (Wildman–Crippen MR) is 64.7 cm³/mol. The maximum Gasteiger partial charge on any atom is 0.320 e. The molecule has 92 valence electrons. The second kappa shape index (κ2) is 5.27. The summed E-state index contributed by atoms with van der Waals surface area (Å²) < 4.78 is 0. The molecule has 1 aromatic heterocycles. The number of hydrogen-bond acceptors (Lipinski definition) is 3. The second-order valence-electron chi connectivity index (χ2n) is 4.62. The molecule has 4 heteroatoms. The molecule has 1 atom stereocenters. The largest absolute Gasteiger partial charge is 0.480 e. The fraction of sp³-hybridized carbons (Fsp3) is 0.538. The summed E-state index contributed by atoms with van der Waals surface area (Å²) in [7, 11) is 0. The Bertz CT molecular complexity index is 406. The average molecular weight is 234 g/mol. The molecule has 0 bridgehead atoms. The number of carbonyl (C=O) groups is 1. The first-order valence-corrected chi connectivity index (χ1v) is 6.05. The zero-order valence-corrected chi connectivity index (χ0v) is 10.1. The lowest BCUT2D eigenvalue weighted by Gasteiger charge is -2.33. The van der Waals surface area contributed by atoms with Gasteiger partial charge >= 0.3 is 5.97 Å². The molecule has 4 nitrogen and oxygen atoms in total. The lowest BCUT2D eigenvalue weighted by Crippen LogP contribution is -2.44. The summed E-state index contributed by atoms with van der Waals surface area (Å²) in [6, 6.07) is 1.64. The number of carboxylic acids is 1. The normalized spacial score (nSPS) is 21.4. The Hall–Kier alpha value is -1.42. The highest BCUT2D eigenvalue weighted by atomic mass is 16.4. The Morgan fingerprint density at radius 1 is 1.59 bits per heavy atom. The number of aromatic nitrogens is 1. The van der Waals surface area contributed by atoms with Gasteiger partial charge in [0.05, 0.1) is 0 Å². The molecule has 0 aliphatic carbocycles. The third-order valence-corrected chi connectivity index (χ3v) is 3.42. The number of aryl methyl sites for hydroxylation is 1. The van der Waals surface area contributed by atoms with E-state index in [0.717, 1.165) is 31.4 Å². The molecule has 17 heavy (non-hydrogen) atoms. The average Bonchev–Trinajstić information content (AvgIpc) is 2.32. The maximum absolute atomic E-state index is 11.2. The summed E-state index contributed by atoms with van der Waals surface area (Å²) >= 11 is 0. The smallest absolute Gasteiger partial charge is 0.320 e. The molecule has 1 saturated heterocycles. The van der Waals surface area contributed by atoms with E-state index < -0.39 is 5.97 Å². The van der Waals surface area contributed by atoms with Gasteiger partial charge in [-0.15, -0.1) is 0 Å². The van der Waals surface area contributed by atoms with Crippen LogP contribution in [0.1, 0.15) is 30.4 Å². The van der Waals surface area contributed by atoms with E-state index in [9.17, 15) is 9.90 Å². The number of likely N-dealkylation sites (tertiary alicyclic amines) is 1. The van der Waals surface area contributed by atoms with Gasteiger partial charge in [-0.1, -0.05) is 6.42 Å². The van der Waals surface area contributed by atoms with Gasteiger partial charge in [0.25, 0.3) is 0 Å². The van der Waals surface area contributed by atoms with Crippen molar-refractivity contribution >= 4 is 5.97 Å². The first-order valence-electron chi connectivity index (χ1n) is 6.05. The van der Waals surface area contributed by atoms with Gasteiger partial charge in [0.15, 0.2) is 0 Å². The van der Waals surface area contributed by atoms with E-state index in [4.69, 9.17) is 0 Å². The number of rotatable bonds is 3. The van der Waals surface area contributed by atoms with Crippen LogP contribution in [-0.4, -0.2) is 33.5 Å². The van der Waals surface area contributed by atoms with E-state index in [1.165, 1.54) is 5.56 Å². The fourth-order valence-corrected chi connectivity index (χ4v) is 2.34. The summed E-state index contributed by atoms with van der Waals surface area (Å²) in [4.78, 5) is 17.3. The predicted octanol–water partition coefficient (Wildman–Crippen LogP) is 1.83. The van der Waals surface area contributed by atoms with Crippen LogP contribution in [0.25, 0.3) is 0 Å². The molecule has 1 N–H and O–H groups in total. The van der Waals surface area contributed by atoms with Crippen LogP contribution in [0, 0.1) is 6.92 Å². The summed E-state index contributed by atoms with van der Waals surface area (Å²) in [5, 5.41) is 9.20. The molecular formula is C13H18N2O2. The zero-order chi connectivity index (χ0) is 12.3. The number of hydrogen-bond donors (Lipinski definition) is 1. The van der Waals surface area contributed by atoms with Crippen molar-refractivity contribution in [3.63, 3.8) is 0 Å². The fourth-order valence-electron chi connectivity index (χ4n) is 2.34. The van der Waals surface area contributed by atoms with Crippen molar-refractivity contribution in [2.24, 2.45) is 0 Å². The third-order valence-electron chi connectivity index (χ3n) is 3.42. The second-order valence-corrected chi connectivity index (χ2v) is 4.62. The molecule has 1 fully saturated rings. The zero-order valence-electron chi connectivity index (χ0n) is 10.1. The van der Waals surface area contributed by atoms with Gasteiger partial charge in [-0.05, 0) is 43.5 Å². The Kier molecular flexibility index (Phi) is 3.74. The first kappa shape index (κ1) is 12.0. The minimum Gasteiger partial charge on any atom is -0.480 e. The van der Waals surface area contributed by atoms with Gasteiger partial charge in [-0.25, -0.2) is 0 Å². The lowest BCUT2D eigenvalue weighted by molar-refractivity contribution is -0.144. The van der Waals surface area contributed by atoms with Crippen molar-refractivity contribution in [3.05, 3.63) is 29.6 Å². The van der Waals surface area contributed by atoms with Crippen LogP contribution in [0.3, 0.4) is 0 Å². The van der Waals surface area contributed by atoms with Crippen LogP contribution in [-0.2, 0) is 11.3 Å². The maximum atomic E-state index is 11.2. The van der Waals surface area contributed by atoms with Gasteiger partial charge < -0.3 is 5.11 Å². The SMILES string of the molecule is Cc1ccncc1CN1CCCCC1C(=O)O. The molecular weight excluding hydrogens is 216 g/mol. The minimum atomic E-state index is -0.703. The minimum absolute atomic E-state index is 0.330. The van der Waals surface area contributed by atoms with E-state index in [1.807, 2.05) is 19.2 Å². The Balaban J connectivity index is 2.11. The van der Waals surface area contributed by atoms with E-state index in [2.05, 4.69) is 9.88 Å². The number of carboxylic acid groups (broad SMARTS) is 1. The summed E-state index contributed by atoms with van der Waals surface area (Å²) in [5.74, 6) is -0.703. The van der Waals surface area contributed by atoms with Crippen LogP contribution in [0.5, 0.6) is 0 Å². The molecule has 0 spiro atoms. The lowest BCUT2D eigenvalue weighted by atomic mass is 10.0. The molecule has 0 aromatic carbocycles. The molecule has 0 radical (unpaired) electrons. The van der Waals surface area contributed by atoms with Crippen molar-refractivity contribution in [3.8, 4) is 0 Å². The number of piperidine rings is 1. The van der Waals surface area contributed by atoms with Gasteiger partial charge in [-0.3, -0.25) is 14.7 Å². The summed E-state index contributed by atoms with van der Waals surface area (Å²) in [6.07, 6.45) is 6.46. The van der Waals surface area contributed by atoms with E-state index >= 15 is 0 Å². The molecule has 1 aliphatic rings. The highest BCUT2D eigenvalue weighted by molar-refractivity contribution is 5.73. The van der Waals surface area contributed by atoms with Crippen LogP contribution in [0.15, 0.2) is 18.5 Å². The van der Waals surface area contributed by atoms with Crippen molar-refractivity contribution in [1.29, 1.82) is 0 Å². The Morgan fingerprint density at radius 3 is 3.12 bits per heavy atom. The van der Waals surface area contributed by atoms with Crippen LogP contribution in [0.4, 0.5) is 0 Å². The van der Waals surface area contributed by atoms with Gasteiger partial charge in [0.1, 0.15) is 6.04 Å². The quantitative estimate of drug-likeness (QED) is 0.867. The van der Waals surface area contributed by atoms with E-state index in [-0.39, 0.29) is 6.04 Å². The van der Waals surface area contributed by atoms with E-state index in [0.29, 0.717) is 6.54 Å². The molecule has 1 unspecified atom stereocenters. The number of nitrogens with zero attached hydrogens (tertiary/aromatic N) is 2. The van der Waals surface area contributed by atoms with Crippen LogP contribution < -0.4 is 0 Å². The summed E-state index contributed by atoms with van der Waals surface area (Å²) in [5.41, 5.74) is 2.30. The van der Waals surface area contributed by atoms with Gasteiger partial charge in [0.2, 0.25) is 0 Å². The molecule has 1 aliphatic heterocycles. The van der Waals surface area contributed by atoms with Crippen LogP contribution >= 0.6 is 0 Å². The molecule has 0 amide bonds. The monoisotopic (exact) mass is 234 g/mol. The van der Waals surface area contributed by atoms with Gasteiger partial charge in [0, 0.05) is 18.9 Å². The molecule has 1 aromatic rings. The van der Waals surface area contributed by atoms with Crippen molar-refractivity contribution in [2.75, 3.05) is 6.54 Å². The highest BCUT2D eigenvalue weighted by Gasteiger charge is 2.28. The first-order chi connectivity index (χ1) is 8.18. The molecule has 2 heterocycles. The molecule has 2 rings (SSSR count). The topological polar surface area (TPSA) is 53.4 Å². The van der Waals surface area contributed by atoms with E-state index in [1.54, 1.807) is 6.20 Å². The third kappa shape index (κ3) is 2.82. The van der Waals surface area contributed by atoms with Crippen LogP contribution in [0.2, 0.25) is 0 Å². The van der Waals surface area contributed by atoms with Gasteiger partial charge in [-0.2, -0.15) is 0 Å². The standard InChI is InChI=1S/C13H18N2O2/c1-10-5-6-14-8-11(10)9-15-7-3-2-4-12(15)13(16)17/h5-6,8,12H,2-4,7,9H2,1H3,(H,16,17).